The molecule has 0 unspecified atom stereocenters. The molecule has 15 heteroatoms. The Labute approximate surface area is 153 Å². The topological polar surface area (TPSA) is 103 Å². The number of hydrogen-bond donors (Lipinski definition) is 1. The van der Waals surface area contributed by atoms with Gasteiger partial charge in [0.1, 0.15) is 5.75 Å². The van der Waals surface area contributed by atoms with E-state index in [1.807, 2.05) is 0 Å². The molecule has 0 saturated carbocycles. The Morgan fingerprint density at radius 1 is 1.14 bits per heavy atom. The molecule has 0 aliphatic carbocycles. The van der Waals surface area contributed by atoms with Crippen molar-refractivity contribution in [2.45, 2.75) is 18.6 Å². The molecule has 0 aliphatic heterocycles. The molecule has 2 rings (SSSR count). The monoisotopic (exact) mass is 432 g/mol. The SMILES string of the molecule is CC(=O)c1cc(Oc2nnc(C(F)(F)F)n2C)ccc1NS(=O)(=O)C(F)(F)F. The van der Waals surface area contributed by atoms with E-state index in [0.717, 1.165) is 32.2 Å². The van der Waals surface area contributed by atoms with Crippen molar-refractivity contribution in [3.8, 4) is 11.8 Å². The summed E-state index contributed by atoms with van der Waals surface area (Å²) in [6.07, 6.45) is -4.81. The van der Waals surface area contributed by atoms with E-state index in [9.17, 15) is 39.6 Å². The Balaban J connectivity index is 2.39. The lowest BCUT2D eigenvalue weighted by Crippen LogP contribution is -2.30. The summed E-state index contributed by atoms with van der Waals surface area (Å²) in [5.74, 6) is -2.49. The average molecular weight is 432 g/mol. The molecule has 2 aromatic rings. The number of aromatic nitrogens is 3. The third-order valence-electron chi connectivity index (χ3n) is 3.22. The normalized spacial score (nSPS) is 12.7. The Hall–Kier alpha value is -2.84. The quantitative estimate of drug-likeness (QED) is 0.576. The molecular weight excluding hydrogens is 422 g/mol. The predicted molar refractivity (Wildman–Crippen MR) is 81.1 cm³/mol. The zero-order chi connectivity index (χ0) is 21.5. The number of sulfonamides is 1. The van der Waals surface area contributed by atoms with E-state index in [1.54, 1.807) is 0 Å². The van der Waals surface area contributed by atoms with E-state index < -0.39 is 50.6 Å². The van der Waals surface area contributed by atoms with Crippen molar-refractivity contribution < 1.29 is 44.3 Å². The lowest BCUT2D eigenvalue weighted by molar-refractivity contribution is -0.147. The van der Waals surface area contributed by atoms with Crippen molar-refractivity contribution in [3.05, 3.63) is 29.6 Å². The van der Waals surface area contributed by atoms with Gasteiger partial charge in [0.15, 0.2) is 5.78 Å². The largest absolute Gasteiger partial charge is 0.516 e. The molecule has 0 spiro atoms. The Bertz CT molecular complexity index is 1010. The molecule has 1 heterocycles. The van der Waals surface area contributed by atoms with Crippen LogP contribution in [0.25, 0.3) is 0 Å². The van der Waals surface area contributed by atoms with E-state index in [0.29, 0.717) is 4.57 Å². The van der Waals surface area contributed by atoms with Gasteiger partial charge in [-0.25, -0.2) is 0 Å². The number of anilines is 1. The van der Waals surface area contributed by atoms with E-state index in [4.69, 9.17) is 4.74 Å². The van der Waals surface area contributed by atoms with Crippen molar-refractivity contribution >= 4 is 21.5 Å². The summed E-state index contributed by atoms with van der Waals surface area (Å²) < 4.78 is 105. The highest BCUT2D eigenvalue weighted by Crippen LogP contribution is 2.32. The van der Waals surface area contributed by atoms with E-state index in [1.165, 1.54) is 4.72 Å². The molecule has 1 N–H and O–H groups in total. The number of benzene rings is 1. The van der Waals surface area contributed by atoms with Crippen LogP contribution >= 0.6 is 0 Å². The van der Waals surface area contributed by atoms with E-state index >= 15 is 0 Å². The van der Waals surface area contributed by atoms with Crippen LogP contribution < -0.4 is 9.46 Å². The summed E-state index contributed by atoms with van der Waals surface area (Å²) in [6.45, 7) is 0.939. The van der Waals surface area contributed by atoms with Crippen LogP contribution in [0.2, 0.25) is 0 Å². The molecule has 1 aromatic carbocycles. The number of ketones is 1. The van der Waals surface area contributed by atoms with Crippen molar-refractivity contribution in [1.29, 1.82) is 0 Å². The van der Waals surface area contributed by atoms with Crippen molar-refractivity contribution in [3.63, 3.8) is 0 Å². The molecule has 0 radical (unpaired) electrons. The first-order chi connectivity index (χ1) is 12.6. The fraction of sp³-hybridized carbons (Fsp3) is 0.308. The molecule has 154 valence electrons. The second-order valence-electron chi connectivity index (χ2n) is 5.28. The molecule has 0 fully saturated rings. The van der Waals surface area contributed by atoms with Crippen LogP contribution in [0, 0.1) is 0 Å². The molecule has 0 amide bonds. The number of ether oxygens (including phenoxy) is 1. The molecule has 1 aromatic heterocycles. The first-order valence-electron chi connectivity index (χ1n) is 7.02. The summed E-state index contributed by atoms with van der Waals surface area (Å²) in [5, 5.41) is 6.10. The number of nitrogens with one attached hydrogen (secondary N) is 1. The lowest BCUT2D eigenvalue weighted by atomic mass is 10.1. The Morgan fingerprint density at radius 2 is 1.75 bits per heavy atom. The number of rotatable bonds is 5. The number of hydrogen-bond acceptors (Lipinski definition) is 6. The maximum absolute atomic E-state index is 12.7. The number of carbonyl (C=O) groups is 1. The van der Waals surface area contributed by atoms with Gasteiger partial charge in [0.05, 0.1) is 5.69 Å². The number of nitrogens with zero attached hydrogens (tertiary/aromatic N) is 3. The molecule has 28 heavy (non-hydrogen) atoms. The average Bonchev–Trinajstić information content (AvgIpc) is 2.88. The maximum Gasteiger partial charge on any atom is 0.516 e. The van der Waals surface area contributed by atoms with Crippen LogP contribution in [0.1, 0.15) is 23.1 Å². The Kier molecular flexibility index (Phi) is 5.33. The third-order valence-corrected chi connectivity index (χ3v) is 4.32. The number of alkyl halides is 6. The molecule has 8 nitrogen and oxygen atoms in total. The van der Waals surface area contributed by atoms with Gasteiger partial charge in [0.2, 0.25) is 5.82 Å². The highest BCUT2D eigenvalue weighted by Gasteiger charge is 2.46. The van der Waals surface area contributed by atoms with Crippen molar-refractivity contribution in [2.75, 3.05) is 4.72 Å². The summed E-state index contributed by atoms with van der Waals surface area (Å²) >= 11 is 0. The lowest BCUT2D eigenvalue weighted by Gasteiger charge is -2.14. The van der Waals surface area contributed by atoms with Gasteiger partial charge >= 0.3 is 27.7 Å². The summed E-state index contributed by atoms with van der Waals surface area (Å²) in [7, 11) is -4.84. The van der Waals surface area contributed by atoms with Gasteiger partial charge in [-0.05, 0) is 25.1 Å². The summed E-state index contributed by atoms with van der Waals surface area (Å²) in [5.41, 5.74) is -6.82. The van der Waals surface area contributed by atoms with Crippen LogP contribution in [-0.2, 0) is 23.2 Å². The fourth-order valence-electron chi connectivity index (χ4n) is 1.93. The van der Waals surface area contributed by atoms with Crippen LogP contribution in [0.5, 0.6) is 11.8 Å². The number of halogens is 6. The minimum absolute atomic E-state index is 0.288. The van der Waals surface area contributed by atoms with Crippen molar-refractivity contribution in [1.82, 2.24) is 14.8 Å². The van der Waals surface area contributed by atoms with Gasteiger partial charge in [0.25, 0.3) is 0 Å². The third kappa shape index (κ3) is 4.35. The fourth-order valence-corrected chi connectivity index (χ4v) is 2.51. The molecule has 0 aliphatic rings. The summed E-state index contributed by atoms with van der Waals surface area (Å²) in [4.78, 5) is 11.7. The van der Waals surface area contributed by atoms with Crippen LogP contribution in [0.15, 0.2) is 18.2 Å². The van der Waals surface area contributed by atoms with Gasteiger partial charge < -0.3 is 4.74 Å². The highest BCUT2D eigenvalue weighted by molar-refractivity contribution is 7.93. The first-order valence-corrected chi connectivity index (χ1v) is 8.50. The standard InChI is InChI=1S/C13H10F6N4O4S/c1-6(24)8-5-7(3-4-9(8)22-28(25,26)13(17,18)19)27-11-21-20-10(23(11)2)12(14,15)16/h3-5,22H,1-2H3. The molecular formula is C13H10F6N4O4S. The zero-order valence-electron chi connectivity index (χ0n) is 13.9. The van der Waals surface area contributed by atoms with Gasteiger partial charge in [-0.3, -0.25) is 14.1 Å². The van der Waals surface area contributed by atoms with Crippen LogP contribution in [0.4, 0.5) is 32.0 Å². The maximum atomic E-state index is 12.7. The predicted octanol–water partition coefficient (Wildman–Crippen LogP) is 3.09. The van der Waals surface area contributed by atoms with E-state index in [2.05, 4.69) is 10.2 Å². The summed E-state index contributed by atoms with van der Waals surface area (Å²) in [6, 6.07) is 1.95. The first kappa shape index (κ1) is 21.5. The van der Waals surface area contributed by atoms with Gasteiger partial charge in [0, 0.05) is 12.6 Å². The minimum atomic E-state index is -5.79. The van der Waals surface area contributed by atoms with Crippen molar-refractivity contribution in [2.24, 2.45) is 7.05 Å². The molecule has 0 atom stereocenters. The van der Waals surface area contributed by atoms with Gasteiger partial charge in [-0.1, -0.05) is 5.10 Å². The van der Waals surface area contributed by atoms with Gasteiger partial charge in [-0.15, -0.1) is 5.10 Å². The van der Waals surface area contributed by atoms with Crippen LogP contribution in [0.3, 0.4) is 0 Å². The Morgan fingerprint density at radius 3 is 2.21 bits per heavy atom. The molecule has 0 saturated heterocycles. The van der Waals surface area contributed by atoms with Crippen LogP contribution in [-0.4, -0.2) is 34.5 Å². The smallest absolute Gasteiger partial charge is 0.424 e. The zero-order valence-corrected chi connectivity index (χ0v) is 14.7. The minimum Gasteiger partial charge on any atom is -0.424 e. The second-order valence-corrected chi connectivity index (χ2v) is 6.95. The highest BCUT2D eigenvalue weighted by atomic mass is 32.2. The second kappa shape index (κ2) is 6.96. The number of carbonyl (C=O) groups excluding carboxylic acids is 1. The van der Waals surface area contributed by atoms with E-state index in [-0.39, 0.29) is 5.75 Å². The van der Waals surface area contributed by atoms with Gasteiger partial charge in [-0.2, -0.15) is 34.8 Å². The molecule has 0 bridgehead atoms. The number of Topliss-reactive ketones (excluding diaryl/α,β-unsaturated/α-hetero) is 1.